The molecule has 0 saturated heterocycles. The quantitative estimate of drug-likeness (QED) is 0.136. The number of nitrogens with one attached hydrogen (secondary N) is 4. The molecule has 2 aromatic carbocycles. The van der Waals surface area contributed by atoms with Crippen molar-refractivity contribution in [2.75, 3.05) is 10.6 Å². The van der Waals surface area contributed by atoms with Gasteiger partial charge in [0.05, 0.1) is 32.7 Å². The zero-order valence-corrected chi connectivity index (χ0v) is 21.7. The predicted molar refractivity (Wildman–Crippen MR) is 154 cm³/mol. The minimum atomic E-state index is -0.481. The van der Waals surface area contributed by atoms with E-state index in [1.54, 1.807) is 32.0 Å². The average molecular weight is 552 g/mol. The van der Waals surface area contributed by atoms with Crippen LogP contribution in [-0.2, 0) is 0 Å². The van der Waals surface area contributed by atoms with Gasteiger partial charge in [-0.15, -0.1) is 0 Å². The number of hydrogen-bond donors (Lipinski definition) is 4. The maximum absolute atomic E-state index is 10.8. The van der Waals surface area contributed by atoms with Crippen molar-refractivity contribution >= 4 is 68.8 Å². The van der Waals surface area contributed by atoms with Crippen LogP contribution in [0.2, 0.25) is 0 Å². The lowest BCUT2D eigenvalue weighted by atomic mass is 10.2. The second kappa shape index (κ2) is 12.9. The fourth-order valence-electron chi connectivity index (χ4n) is 2.87. The Kier molecular flexibility index (Phi) is 9.39. The number of non-ortho nitro benzene ring substituents is 2. The van der Waals surface area contributed by atoms with Crippen molar-refractivity contribution in [3.05, 3.63) is 98.3 Å². The Morgan fingerprint density at radius 1 is 0.711 bits per heavy atom. The fraction of sp³-hybridized carbons (Fsp3) is 0.0870. The average Bonchev–Trinajstić information content (AvgIpc) is 2.91. The lowest BCUT2D eigenvalue weighted by Crippen LogP contribution is -2.25. The second-order valence-electron chi connectivity index (χ2n) is 7.54. The molecule has 0 aliphatic heterocycles. The monoisotopic (exact) mass is 551 g/mol. The lowest BCUT2D eigenvalue weighted by Gasteiger charge is -2.09. The SMILES string of the molecule is C/C(=N/NC(=S)Nc1ccc([N+](=O)[O-])cc1)c1cccc(/C(C)=N\NC(=S)Nc2ccc([N+](=O)[O-])cc2)n1. The van der Waals surface area contributed by atoms with Crippen LogP contribution in [0.3, 0.4) is 0 Å². The first-order chi connectivity index (χ1) is 18.1. The molecule has 0 unspecified atom stereocenters. The minimum absolute atomic E-state index is 0.0224. The predicted octanol–water partition coefficient (Wildman–Crippen LogP) is 4.32. The molecular weight excluding hydrogens is 530 g/mol. The van der Waals surface area contributed by atoms with Crippen LogP contribution in [0, 0.1) is 20.2 Å². The van der Waals surface area contributed by atoms with Crippen LogP contribution < -0.4 is 21.5 Å². The molecule has 13 nitrogen and oxygen atoms in total. The van der Waals surface area contributed by atoms with Gasteiger partial charge in [0.25, 0.3) is 11.4 Å². The molecule has 0 saturated carbocycles. The number of nitro groups is 2. The number of nitro benzene ring substituents is 2. The molecule has 0 aliphatic carbocycles. The third-order valence-corrected chi connectivity index (χ3v) is 5.20. The maximum atomic E-state index is 10.8. The van der Waals surface area contributed by atoms with E-state index >= 15 is 0 Å². The van der Waals surface area contributed by atoms with Crippen molar-refractivity contribution in [2.45, 2.75) is 13.8 Å². The zero-order chi connectivity index (χ0) is 27.7. The van der Waals surface area contributed by atoms with Crippen molar-refractivity contribution in [1.29, 1.82) is 0 Å². The van der Waals surface area contributed by atoms with E-state index in [4.69, 9.17) is 24.4 Å². The van der Waals surface area contributed by atoms with Crippen LogP contribution in [0.4, 0.5) is 22.7 Å². The number of anilines is 2. The van der Waals surface area contributed by atoms with Gasteiger partial charge in [-0.05, 0) is 74.7 Å². The summed E-state index contributed by atoms with van der Waals surface area (Å²) in [6.07, 6.45) is 0. The van der Waals surface area contributed by atoms with Crippen LogP contribution in [0.1, 0.15) is 25.2 Å². The zero-order valence-electron chi connectivity index (χ0n) is 20.0. The smallest absolute Gasteiger partial charge is 0.269 e. The summed E-state index contributed by atoms with van der Waals surface area (Å²) in [5.74, 6) is 0. The van der Waals surface area contributed by atoms with Gasteiger partial charge < -0.3 is 10.6 Å². The Balaban J connectivity index is 1.57. The molecule has 0 radical (unpaired) electrons. The molecule has 1 heterocycles. The molecule has 38 heavy (non-hydrogen) atoms. The summed E-state index contributed by atoms with van der Waals surface area (Å²) in [4.78, 5) is 25.1. The summed E-state index contributed by atoms with van der Waals surface area (Å²) in [6, 6.07) is 17.0. The van der Waals surface area contributed by atoms with Gasteiger partial charge in [-0.1, -0.05) is 6.07 Å². The first-order valence-electron chi connectivity index (χ1n) is 10.8. The molecule has 0 aliphatic rings. The summed E-state index contributed by atoms with van der Waals surface area (Å²) in [5, 5.41) is 36.2. The molecule has 4 N–H and O–H groups in total. The van der Waals surface area contributed by atoms with Crippen LogP contribution in [0.5, 0.6) is 0 Å². The highest BCUT2D eigenvalue weighted by atomic mass is 32.1. The molecule has 194 valence electrons. The fourth-order valence-corrected chi connectivity index (χ4v) is 3.20. The normalized spacial score (nSPS) is 11.3. The Labute approximate surface area is 227 Å². The van der Waals surface area contributed by atoms with Gasteiger partial charge in [0.1, 0.15) is 0 Å². The summed E-state index contributed by atoms with van der Waals surface area (Å²) < 4.78 is 0. The molecule has 0 fully saturated rings. The van der Waals surface area contributed by atoms with Gasteiger partial charge in [0.2, 0.25) is 0 Å². The Morgan fingerprint density at radius 3 is 1.42 bits per heavy atom. The molecular formula is C23H21N9O4S2. The highest BCUT2D eigenvalue weighted by molar-refractivity contribution is 7.80. The minimum Gasteiger partial charge on any atom is -0.331 e. The van der Waals surface area contributed by atoms with Crippen molar-refractivity contribution in [2.24, 2.45) is 10.2 Å². The summed E-state index contributed by atoms with van der Waals surface area (Å²) in [6.45, 7) is 3.50. The molecule has 3 aromatic rings. The van der Waals surface area contributed by atoms with Crippen molar-refractivity contribution in [3.63, 3.8) is 0 Å². The number of thiocarbonyl (C=S) groups is 2. The summed E-state index contributed by atoms with van der Waals surface area (Å²) >= 11 is 10.4. The molecule has 3 rings (SSSR count). The summed E-state index contributed by atoms with van der Waals surface area (Å²) in [7, 11) is 0. The molecule has 0 amide bonds. The lowest BCUT2D eigenvalue weighted by molar-refractivity contribution is -0.385. The number of benzene rings is 2. The van der Waals surface area contributed by atoms with E-state index in [1.165, 1.54) is 48.5 Å². The third kappa shape index (κ3) is 8.07. The van der Waals surface area contributed by atoms with Gasteiger partial charge in [-0.3, -0.25) is 31.1 Å². The maximum Gasteiger partial charge on any atom is 0.269 e. The molecule has 0 atom stereocenters. The van der Waals surface area contributed by atoms with Crippen molar-refractivity contribution in [1.82, 2.24) is 15.8 Å². The Bertz CT molecular complexity index is 1320. The van der Waals surface area contributed by atoms with Gasteiger partial charge in [0.15, 0.2) is 10.2 Å². The number of rotatable bonds is 8. The first kappa shape index (κ1) is 27.7. The van der Waals surface area contributed by atoms with Crippen LogP contribution in [0.15, 0.2) is 76.9 Å². The number of hydrazone groups is 2. The van der Waals surface area contributed by atoms with Crippen molar-refractivity contribution < 1.29 is 9.85 Å². The number of hydrogen-bond acceptors (Lipinski definition) is 9. The number of pyridine rings is 1. The van der Waals surface area contributed by atoms with E-state index in [-0.39, 0.29) is 21.6 Å². The third-order valence-electron chi connectivity index (χ3n) is 4.81. The van der Waals surface area contributed by atoms with Crippen LogP contribution >= 0.6 is 24.4 Å². The topological polar surface area (TPSA) is 172 Å². The number of nitrogens with zero attached hydrogens (tertiary/aromatic N) is 5. The van der Waals surface area contributed by atoms with E-state index in [1.807, 2.05) is 0 Å². The van der Waals surface area contributed by atoms with Gasteiger partial charge in [0, 0.05) is 35.6 Å². The molecule has 0 spiro atoms. The highest BCUT2D eigenvalue weighted by Gasteiger charge is 2.08. The van der Waals surface area contributed by atoms with E-state index < -0.39 is 9.85 Å². The second-order valence-corrected chi connectivity index (χ2v) is 8.36. The summed E-state index contributed by atoms with van der Waals surface area (Å²) in [5.41, 5.74) is 8.79. The number of aromatic nitrogens is 1. The molecule has 1 aromatic heterocycles. The van der Waals surface area contributed by atoms with Crippen LogP contribution in [-0.4, -0.2) is 36.5 Å². The van der Waals surface area contributed by atoms with E-state index in [0.717, 1.165) is 0 Å². The molecule has 15 heteroatoms. The highest BCUT2D eigenvalue weighted by Crippen LogP contribution is 2.16. The van der Waals surface area contributed by atoms with E-state index in [0.29, 0.717) is 34.2 Å². The van der Waals surface area contributed by atoms with Gasteiger partial charge in [-0.2, -0.15) is 10.2 Å². The largest absolute Gasteiger partial charge is 0.331 e. The van der Waals surface area contributed by atoms with Gasteiger partial charge in [-0.25, -0.2) is 4.98 Å². The molecule has 0 bridgehead atoms. The Morgan fingerprint density at radius 2 is 1.08 bits per heavy atom. The first-order valence-corrected chi connectivity index (χ1v) is 11.6. The van der Waals surface area contributed by atoms with Gasteiger partial charge >= 0.3 is 0 Å². The van der Waals surface area contributed by atoms with E-state index in [2.05, 4.69) is 36.7 Å². The van der Waals surface area contributed by atoms with Crippen LogP contribution in [0.25, 0.3) is 0 Å². The van der Waals surface area contributed by atoms with Crippen molar-refractivity contribution in [3.8, 4) is 0 Å². The Hall–Kier alpha value is -4.89. The van der Waals surface area contributed by atoms with E-state index in [9.17, 15) is 20.2 Å². The standard InChI is InChI=1S/C23H21N9O4S2/c1-14(27-29-22(37)24-16-6-10-18(11-7-16)31(33)34)20-4-3-5-21(26-20)15(2)28-30-23(38)25-17-8-12-19(13-9-17)32(35)36/h3-13H,1-2H3,(H2,24,29,37)(H2,25,30,38)/b27-14-,28-15-.